The predicted molar refractivity (Wildman–Crippen MR) is 62.4 cm³/mol. The van der Waals surface area contributed by atoms with E-state index in [1.165, 1.54) is 12.1 Å². The molecule has 2 rings (SSSR count). The van der Waals surface area contributed by atoms with Gasteiger partial charge >= 0.3 is 6.18 Å². The molecule has 1 heterocycles. The first-order valence-corrected chi connectivity index (χ1v) is 5.32. The lowest BCUT2D eigenvalue weighted by atomic mass is 10.1. The maximum absolute atomic E-state index is 12.9. The number of para-hydroxylation sites is 1. The van der Waals surface area contributed by atoms with Crippen molar-refractivity contribution in [1.82, 2.24) is 4.57 Å². The lowest BCUT2D eigenvalue weighted by molar-refractivity contribution is -0.164. The highest BCUT2D eigenvalue weighted by Gasteiger charge is 2.40. The Kier molecular flexibility index (Phi) is 3.13. The number of fused-ring (bicyclic) bond motifs is 1. The number of aromatic nitrogens is 1. The highest BCUT2D eigenvalue weighted by molar-refractivity contribution is 5.78. The van der Waals surface area contributed by atoms with Crippen molar-refractivity contribution in [3.05, 3.63) is 46.8 Å². The summed E-state index contributed by atoms with van der Waals surface area (Å²) in [6.45, 7) is -0.573. The maximum atomic E-state index is 12.9. The fraction of sp³-hybridized carbons (Fsp3) is 0.250. The van der Waals surface area contributed by atoms with Gasteiger partial charge < -0.3 is 10.3 Å². The van der Waals surface area contributed by atoms with Crippen molar-refractivity contribution in [2.45, 2.75) is 12.2 Å². The van der Waals surface area contributed by atoms with E-state index in [9.17, 15) is 18.0 Å². The van der Waals surface area contributed by atoms with Gasteiger partial charge in [-0.05, 0) is 12.1 Å². The van der Waals surface area contributed by atoms with E-state index in [2.05, 4.69) is 0 Å². The summed E-state index contributed by atoms with van der Waals surface area (Å²) in [5.41, 5.74) is 5.13. The summed E-state index contributed by atoms with van der Waals surface area (Å²) in [6, 6.07) is 5.46. The number of hydrogen-bond acceptors (Lipinski definition) is 2. The second-order valence-electron chi connectivity index (χ2n) is 3.90. The van der Waals surface area contributed by atoms with Gasteiger partial charge in [-0.3, -0.25) is 4.79 Å². The zero-order valence-corrected chi connectivity index (χ0v) is 9.32. The molecular weight excluding hydrogens is 245 g/mol. The number of halogens is 3. The zero-order chi connectivity index (χ0) is 13.3. The van der Waals surface area contributed by atoms with E-state index in [0.717, 1.165) is 16.8 Å². The average molecular weight is 256 g/mol. The molecule has 1 atom stereocenters. The lowest BCUT2D eigenvalue weighted by Crippen LogP contribution is -2.33. The maximum Gasteiger partial charge on any atom is 0.410 e. The van der Waals surface area contributed by atoms with Crippen LogP contribution in [0.5, 0.6) is 0 Å². The zero-order valence-electron chi connectivity index (χ0n) is 9.32. The molecule has 0 radical (unpaired) electrons. The van der Waals surface area contributed by atoms with Crippen LogP contribution in [0.3, 0.4) is 0 Å². The van der Waals surface area contributed by atoms with E-state index in [-0.39, 0.29) is 16.3 Å². The van der Waals surface area contributed by atoms with E-state index in [0.29, 0.717) is 0 Å². The second-order valence-corrected chi connectivity index (χ2v) is 3.90. The van der Waals surface area contributed by atoms with Gasteiger partial charge in [0.05, 0.1) is 5.52 Å². The van der Waals surface area contributed by atoms with Crippen LogP contribution in [0.15, 0.2) is 41.3 Å². The van der Waals surface area contributed by atoms with E-state index >= 15 is 0 Å². The molecular formula is C12H11F3N2O. The molecule has 1 aromatic carbocycles. The molecule has 0 aliphatic rings. The third-order valence-electron chi connectivity index (χ3n) is 2.77. The van der Waals surface area contributed by atoms with Gasteiger partial charge in [-0.25, -0.2) is 0 Å². The Morgan fingerprint density at radius 1 is 1.22 bits per heavy atom. The minimum Gasteiger partial charge on any atom is -0.334 e. The molecule has 6 heteroatoms. The average Bonchev–Trinajstić information content (AvgIpc) is 2.32. The Bertz CT molecular complexity index is 618. The van der Waals surface area contributed by atoms with Crippen molar-refractivity contribution in [3.8, 4) is 0 Å². The third kappa shape index (κ3) is 2.11. The quantitative estimate of drug-likeness (QED) is 0.894. The van der Waals surface area contributed by atoms with Crippen molar-refractivity contribution in [2.75, 3.05) is 6.54 Å². The topological polar surface area (TPSA) is 48.0 Å². The molecule has 0 bridgehead atoms. The predicted octanol–water partition coefficient (Wildman–Crippen LogP) is 2.06. The van der Waals surface area contributed by atoms with Gasteiger partial charge in [-0.15, -0.1) is 0 Å². The SMILES string of the molecule is NCC(n1ccc(=O)c2ccccc21)C(F)(F)F. The van der Waals surface area contributed by atoms with E-state index in [1.54, 1.807) is 12.1 Å². The van der Waals surface area contributed by atoms with Crippen LogP contribution in [0.4, 0.5) is 13.2 Å². The molecule has 1 unspecified atom stereocenters. The molecule has 0 spiro atoms. The van der Waals surface area contributed by atoms with Crippen LogP contribution >= 0.6 is 0 Å². The molecule has 0 aliphatic carbocycles. The van der Waals surface area contributed by atoms with Crippen molar-refractivity contribution >= 4 is 10.9 Å². The smallest absolute Gasteiger partial charge is 0.334 e. The molecule has 1 aromatic heterocycles. The summed E-state index contributed by atoms with van der Waals surface area (Å²) in [5, 5.41) is 0.253. The molecule has 0 aliphatic heterocycles. The van der Waals surface area contributed by atoms with Crippen molar-refractivity contribution < 1.29 is 13.2 Å². The van der Waals surface area contributed by atoms with Crippen LogP contribution < -0.4 is 11.2 Å². The Balaban J connectivity index is 2.72. The molecule has 0 fully saturated rings. The Hall–Kier alpha value is -1.82. The van der Waals surface area contributed by atoms with Crippen LogP contribution in [0.2, 0.25) is 0 Å². The second kappa shape index (κ2) is 4.45. The molecule has 18 heavy (non-hydrogen) atoms. The minimum absolute atomic E-state index is 0.234. The first-order valence-electron chi connectivity index (χ1n) is 5.32. The van der Waals surface area contributed by atoms with Crippen LogP contribution in [0.1, 0.15) is 6.04 Å². The van der Waals surface area contributed by atoms with Gasteiger partial charge in [0.15, 0.2) is 5.43 Å². The van der Waals surface area contributed by atoms with Gasteiger partial charge in [-0.1, -0.05) is 12.1 Å². The molecule has 0 amide bonds. The van der Waals surface area contributed by atoms with Crippen LogP contribution in [-0.4, -0.2) is 17.3 Å². The number of benzene rings is 1. The number of pyridine rings is 1. The number of hydrogen-bond donors (Lipinski definition) is 1. The summed E-state index contributed by atoms with van der Waals surface area (Å²) in [7, 11) is 0. The number of alkyl halides is 3. The van der Waals surface area contributed by atoms with Gasteiger partial charge in [0.2, 0.25) is 0 Å². The summed E-state index contributed by atoms with van der Waals surface area (Å²) in [6.07, 6.45) is -3.32. The monoisotopic (exact) mass is 256 g/mol. The van der Waals surface area contributed by atoms with Gasteiger partial charge in [0.25, 0.3) is 0 Å². The Labute approximate surface area is 101 Å². The number of rotatable bonds is 2. The van der Waals surface area contributed by atoms with E-state index < -0.39 is 18.8 Å². The molecule has 96 valence electrons. The van der Waals surface area contributed by atoms with Crippen LogP contribution in [0, 0.1) is 0 Å². The fourth-order valence-electron chi connectivity index (χ4n) is 1.90. The van der Waals surface area contributed by atoms with Gasteiger partial charge in [0, 0.05) is 24.2 Å². The Morgan fingerprint density at radius 2 is 1.89 bits per heavy atom. The Morgan fingerprint density at radius 3 is 2.50 bits per heavy atom. The molecule has 2 aromatic rings. The number of nitrogens with two attached hydrogens (primary N) is 1. The standard InChI is InChI=1S/C12H11F3N2O/c13-12(14,15)11(7-16)17-6-5-10(18)8-3-1-2-4-9(8)17/h1-6,11H,7,16H2. The summed E-state index contributed by atoms with van der Waals surface area (Å²) >= 11 is 0. The molecule has 2 N–H and O–H groups in total. The summed E-state index contributed by atoms with van der Waals surface area (Å²) < 4.78 is 39.6. The summed E-state index contributed by atoms with van der Waals surface area (Å²) in [5.74, 6) is 0. The van der Waals surface area contributed by atoms with E-state index in [4.69, 9.17) is 5.73 Å². The highest BCUT2D eigenvalue weighted by Crippen LogP contribution is 2.31. The van der Waals surface area contributed by atoms with Crippen LogP contribution in [0.25, 0.3) is 10.9 Å². The largest absolute Gasteiger partial charge is 0.410 e. The van der Waals surface area contributed by atoms with Crippen molar-refractivity contribution in [1.29, 1.82) is 0 Å². The van der Waals surface area contributed by atoms with Crippen molar-refractivity contribution in [3.63, 3.8) is 0 Å². The van der Waals surface area contributed by atoms with E-state index in [1.807, 2.05) is 0 Å². The van der Waals surface area contributed by atoms with Gasteiger partial charge in [-0.2, -0.15) is 13.2 Å². The first-order chi connectivity index (χ1) is 8.45. The normalized spacial score (nSPS) is 13.8. The minimum atomic E-state index is -4.45. The molecule has 0 saturated heterocycles. The number of nitrogens with zero attached hydrogens (tertiary/aromatic N) is 1. The van der Waals surface area contributed by atoms with Crippen LogP contribution in [-0.2, 0) is 0 Å². The lowest BCUT2D eigenvalue weighted by Gasteiger charge is -2.23. The highest BCUT2D eigenvalue weighted by atomic mass is 19.4. The third-order valence-corrected chi connectivity index (χ3v) is 2.77. The fourth-order valence-corrected chi connectivity index (χ4v) is 1.90. The molecule has 3 nitrogen and oxygen atoms in total. The first kappa shape index (κ1) is 12.6. The van der Waals surface area contributed by atoms with Gasteiger partial charge in [0.1, 0.15) is 6.04 Å². The summed E-state index contributed by atoms with van der Waals surface area (Å²) in [4.78, 5) is 11.6. The molecule has 0 saturated carbocycles. The van der Waals surface area contributed by atoms with Crippen molar-refractivity contribution in [2.24, 2.45) is 5.73 Å².